The zero-order valence-corrected chi connectivity index (χ0v) is 23.3. The number of likely N-dealkylation sites (tertiary alicyclic amines) is 1. The zero-order chi connectivity index (χ0) is 27.1. The Morgan fingerprint density at radius 1 is 1.05 bits per heavy atom. The van der Waals surface area contributed by atoms with Crippen LogP contribution in [0.5, 0.6) is 5.75 Å². The van der Waals surface area contributed by atoms with E-state index in [2.05, 4.69) is 41.8 Å². The lowest BCUT2D eigenvalue weighted by atomic mass is 9.56. The Kier molecular flexibility index (Phi) is 7.15. The van der Waals surface area contributed by atoms with Gasteiger partial charge in [-0.3, -0.25) is 4.79 Å². The third-order valence-corrected chi connectivity index (χ3v) is 9.51. The number of nitrogens with zero attached hydrogens (tertiary/aromatic N) is 2. The zero-order valence-electron chi connectivity index (χ0n) is 23.3. The highest BCUT2D eigenvalue weighted by Gasteiger charge is 2.53. The SMILES string of the molecule is CC(C)CN(C(=O)c1ccc2ccccc2c1)C1CC(O)C2CN(CC3CC3)CCC2(c2cccc(O)c2)C1. The van der Waals surface area contributed by atoms with Crippen molar-refractivity contribution in [3.05, 3.63) is 77.9 Å². The van der Waals surface area contributed by atoms with Crippen molar-refractivity contribution in [3.8, 4) is 5.75 Å². The summed E-state index contributed by atoms with van der Waals surface area (Å²) in [7, 11) is 0. The van der Waals surface area contributed by atoms with Gasteiger partial charge in [0.15, 0.2) is 0 Å². The van der Waals surface area contributed by atoms with E-state index >= 15 is 0 Å². The molecule has 4 atom stereocenters. The quantitative estimate of drug-likeness (QED) is 0.406. The molecule has 6 rings (SSSR count). The molecule has 3 aromatic rings. The van der Waals surface area contributed by atoms with Crippen LogP contribution in [-0.2, 0) is 5.41 Å². The Bertz CT molecular complexity index is 1330. The summed E-state index contributed by atoms with van der Waals surface area (Å²) in [4.78, 5) is 18.8. The van der Waals surface area contributed by atoms with Gasteiger partial charge in [-0.25, -0.2) is 0 Å². The lowest BCUT2D eigenvalue weighted by molar-refractivity contribution is -0.0655. The second kappa shape index (κ2) is 10.6. The molecule has 2 aliphatic carbocycles. The second-order valence-electron chi connectivity index (χ2n) is 12.8. The third-order valence-electron chi connectivity index (χ3n) is 9.51. The van der Waals surface area contributed by atoms with E-state index < -0.39 is 6.10 Å². The number of hydrogen-bond donors (Lipinski definition) is 2. The van der Waals surface area contributed by atoms with E-state index in [1.807, 2.05) is 42.5 Å². The number of fused-ring (bicyclic) bond motifs is 2. The summed E-state index contributed by atoms with van der Waals surface area (Å²) in [6.07, 6.45) is 4.47. The Balaban J connectivity index is 1.35. The molecule has 3 aromatic carbocycles. The maximum Gasteiger partial charge on any atom is 0.254 e. The van der Waals surface area contributed by atoms with E-state index in [9.17, 15) is 15.0 Å². The molecular weight excluding hydrogens is 484 g/mol. The molecule has 0 aromatic heterocycles. The fraction of sp³-hybridized carbons (Fsp3) is 0.500. The largest absolute Gasteiger partial charge is 0.508 e. The molecule has 2 saturated carbocycles. The molecule has 1 saturated heterocycles. The number of aromatic hydroxyl groups is 1. The van der Waals surface area contributed by atoms with Crippen molar-refractivity contribution in [2.24, 2.45) is 17.8 Å². The molecular formula is C34H42N2O3. The fourth-order valence-electron chi connectivity index (χ4n) is 7.42. The average Bonchev–Trinajstić information content (AvgIpc) is 3.75. The summed E-state index contributed by atoms with van der Waals surface area (Å²) in [6, 6.07) is 21.7. The molecule has 2 N–H and O–H groups in total. The van der Waals surface area contributed by atoms with Crippen LogP contribution in [0, 0.1) is 17.8 Å². The van der Waals surface area contributed by atoms with E-state index in [4.69, 9.17) is 0 Å². The molecule has 0 bridgehead atoms. The molecule has 206 valence electrons. The Morgan fingerprint density at radius 3 is 2.59 bits per heavy atom. The van der Waals surface area contributed by atoms with Crippen molar-refractivity contribution < 1.29 is 15.0 Å². The van der Waals surface area contributed by atoms with Crippen molar-refractivity contribution in [1.29, 1.82) is 0 Å². The van der Waals surface area contributed by atoms with Crippen LogP contribution in [0.15, 0.2) is 66.7 Å². The summed E-state index contributed by atoms with van der Waals surface area (Å²) in [5, 5.41) is 24.4. The summed E-state index contributed by atoms with van der Waals surface area (Å²) in [6.45, 7) is 7.96. The Morgan fingerprint density at radius 2 is 1.85 bits per heavy atom. The first-order chi connectivity index (χ1) is 18.8. The number of phenolic OH excluding ortho intramolecular Hbond substituents is 1. The van der Waals surface area contributed by atoms with Crippen LogP contribution in [0.25, 0.3) is 10.8 Å². The average molecular weight is 527 g/mol. The van der Waals surface area contributed by atoms with Gasteiger partial charge in [-0.2, -0.15) is 0 Å². The van der Waals surface area contributed by atoms with Crippen LogP contribution < -0.4 is 0 Å². The molecule has 5 heteroatoms. The van der Waals surface area contributed by atoms with Gasteiger partial charge in [0, 0.05) is 42.6 Å². The number of hydrogen-bond acceptors (Lipinski definition) is 4. The van der Waals surface area contributed by atoms with Crippen molar-refractivity contribution in [3.63, 3.8) is 0 Å². The first-order valence-electron chi connectivity index (χ1n) is 14.8. The number of piperidine rings is 1. The number of aliphatic hydroxyl groups is 1. The lowest BCUT2D eigenvalue weighted by Gasteiger charge is -2.56. The molecule has 0 spiro atoms. The molecule has 3 fully saturated rings. The number of carbonyl (C=O) groups is 1. The first-order valence-corrected chi connectivity index (χ1v) is 14.8. The highest BCUT2D eigenvalue weighted by molar-refractivity contribution is 5.98. The van der Waals surface area contributed by atoms with Gasteiger partial charge in [-0.15, -0.1) is 0 Å². The maximum atomic E-state index is 14.2. The molecule has 3 aliphatic rings. The minimum absolute atomic E-state index is 0.0438. The number of amides is 1. The number of aliphatic hydroxyl groups excluding tert-OH is 1. The maximum absolute atomic E-state index is 14.2. The van der Waals surface area contributed by atoms with E-state index in [1.54, 1.807) is 6.07 Å². The topological polar surface area (TPSA) is 64.0 Å². The molecule has 0 radical (unpaired) electrons. The summed E-state index contributed by atoms with van der Waals surface area (Å²) < 4.78 is 0. The molecule has 4 unspecified atom stereocenters. The van der Waals surface area contributed by atoms with Crippen molar-refractivity contribution >= 4 is 16.7 Å². The number of benzene rings is 3. The predicted molar refractivity (Wildman–Crippen MR) is 156 cm³/mol. The smallest absolute Gasteiger partial charge is 0.254 e. The summed E-state index contributed by atoms with van der Waals surface area (Å²) in [5.41, 5.74) is 1.53. The van der Waals surface area contributed by atoms with Crippen molar-refractivity contribution in [2.45, 2.75) is 63.5 Å². The standard InChI is InChI=1S/C34H42N2O3/c1-23(2)20-36(33(39)27-13-12-25-6-3-4-7-26(25)16-27)29-18-32(38)31-22-35(21-24-10-11-24)15-14-34(31,19-29)28-8-5-9-30(37)17-28/h3-9,12-13,16-17,23-24,29,31-32,37-38H,10-11,14-15,18-22H2,1-2H3. The number of carbonyl (C=O) groups excluding carboxylic acids is 1. The van der Waals surface area contributed by atoms with E-state index in [-0.39, 0.29) is 29.0 Å². The van der Waals surface area contributed by atoms with Gasteiger partial charge in [-0.1, -0.05) is 56.3 Å². The van der Waals surface area contributed by atoms with E-state index in [0.717, 1.165) is 54.7 Å². The van der Waals surface area contributed by atoms with Gasteiger partial charge < -0.3 is 20.0 Å². The van der Waals surface area contributed by atoms with E-state index in [0.29, 0.717) is 24.4 Å². The molecule has 1 amide bonds. The molecule has 1 heterocycles. The fourth-order valence-corrected chi connectivity index (χ4v) is 7.42. The van der Waals surface area contributed by atoms with Crippen LogP contribution >= 0.6 is 0 Å². The third kappa shape index (κ3) is 5.31. The van der Waals surface area contributed by atoms with Gasteiger partial charge in [-0.05, 0) is 91.1 Å². The summed E-state index contributed by atoms with van der Waals surface area (Å²) in [5.74, 6) is 1.51. The van der Waals surface area contributed by atoms with Crippen molar-refractivity contribution in [1.82, 2.24) is 9.80 Å². The minimum atomic E-state index is -0.507. The second-order valence-corrected chi connectivity index (χ2v) is 12.8. The van der Waals surface area contributed by atoms with E-state index in [1.165, 1.54) is 12.8 Å². The molecule has 5 nitrogen and oxygen atoms in total. The Labute approximate surface area is 232 Å². The van der Waals surface area contributed by atoms with Gasteiger partial charge in [0.1, 0.15) is 5.75 Å². The molecule has 1 aliphatic heterocycles. The number of phenols is 1. The monoisotopic (exact) mass is 526 g/mol. The highest BCUT2D eigenvalue weighted by atomic mass is 16.3. The summed E-state index contributed by atoms with van der Waals surface area (Å²) >= 11 is 0. The molecule has 39 heavy (non-hydrogen) atoms. The number of rotatable bonds is 7. The highest BCUT2D eigenvalue weighted by Crippen LogP contribution is 2.51. The van der Waals surface area contributed by atoms with Gasteiger partial charge in [0.2, 0.25) is 0 Å². The van der Waals surface area contributed by atoms with Crippen molar-refractivity contribution in [2.75, 3.05) is 26.2 Å². The van der Waals surface area contributed by atoms with Crippen LogP contribution in [-0.4, -0.2) is 64.2 Å². The van der Waals surface area contributed by atoms with Gasteiger partial charge >= 0.3 is 0 Å². The van der Waals surface area contributed by atoms with Crippen LogP contribution in [0.4, 0.5) is 0 Å². The normalized spacial score (nSPS) is 27.4. The van der Waals surface area contributed by atoms with Gasteiger partial charge in [0.25, 0.3) is 5.91 Å². The van der Waals surface area contributed by atoms with Crippen LogP contribution in [0.1, 0.15) is 61.9 Å². The first kappa shape index (κ1) is 26.3. The lowest BCUT2D eigenvalue weighted by Crippen LogP contribution is -2.61. The van der Waals surface area contributed by atoms with Crippen LogP contribution in [0.2, 0.25) is 0 Å². The minimum Gasteiger partial charge on any atom is -0.508 e. The Hall–Kier alpha value is -2.89. The predicted octanol–water partition coefficient (Wildman–Crippen LogP) is 5.84. The van der Waals surface area contributed by atoms with Gasteiger partial charge in [0.05, 0.1) is 6.10 Å². The van der Waals surface area contributed by atoms with Crippen LogP contribution in [0.3, 0.4) is 0 Å².